The Bertz CT molecular complexity index is 690. The molecule has 0 aromatic heterocycles. The predicted octanol–water partition coefficient (Wildman–Crippen LogP) is 4.86. The molecule has 0 N–H and O–H groups in total. The van der Waals surface area contributed by atoms with Crippen molar-refractivity contribution < 1.29 is 14.3 Å². The molecule has 0 radical (unpaired) electrons. The van der Waals surface area contributed by atoms with E-state index in [1.54, 1.807) is 6.08 Å². The van der Waals surface area contributed by atoms with E-state index in [2.05, 4.69) is 26.8 Å². The van der Waals surface area contributed by atoms with Gasteiger partial charge in [-0.2, -0.15) is 0 Å². The van der Waals surface area contributed by atoms with Gasteiger partial charge in [-0.05, 0) is 61.0 Å². The largest absolute Gasteiger partial charge is 0.462 e. The first-order valence-electron chi connectivity index (χ1n) is 10.4. The Hall–Kier alpha value is -1.38. The lowest BCUT2D eigenvalue weighted by atomic mass is 9.48. The predicted molar refractivity (Wildman–Crippen MR) is 101 cm³/mol. The van der Waals surface area contributed by atoms with Gasteiger partial charge < -0.3 is 4.74 Å². The molecule has 0 heterocycles. The molecular weight excluding hydrogens is 324 g/mol. The topological polar surface area (TPSA) is 43.4 Å². The second-order valence-electron chi connectivity index (χ2n) is 9.80. The number of carbonyl (C=O) groups excluding carboxylic acids is 2. The van der Waals surface area contributed by atoms with Gasteiger partial charge in [0.1, 0.15) is 6.10 Å². The Kier molecular flexibility index (Phi) is 4.20. The Morgan fingerprint density at radius 3 is 2.81 bits per heavy atom. The molecule has 3 nitrogen and oxygen atoms in total. The quantitative estimate of drug-likeness (QED) is 0.664. The Morgan fingerprint density at radius 1 is 1.31 bits per heavy atom. The second-order valence-corrected chi connectivity index (χ2v) is 9.80. The van der Waals surface area contributed by atoms with Crippen LogP contribution < -0.4 is 0 Å². The van der Waals surface area contributed by atoms with Gasteiger partial charge in [-0.25, -0.2) is 0 Å². The lowest BCUT2D eigenvalue weighted by Gasteiger charge is -2.58. The Balaban J connectivity index is 1.75. The van der Waals surface area contributed by atoms with Crippen molar-refractivity contribution in [1.29, 1.82) is 0 Å². The van der Waals surface area contributed by atoms with Crippen LogP contribution in [0.15, 0.2) is 23.8 Å². The summed E-state index contributed by atoms with van der Waals surface area (Å²) >= 11 is 0. The smallest absolute Gasteiger partial charge is 0.305 e. The molecule has 3 heteroatoms. The average Bonchev–Trinajstić information content (AvgIpc) is 2.90. The van der Waals surface area contributed by atoms with Gasteiger partial charge in [0.2, 0.25) is 0 Å². The molecule has 3 fully saturated rings. The highest BCUT2D eigenvalue weighted by molar-refractivity contribution is 6.01. The molecule has 7 atom stereocenters. The van der Waals surface area contributed by atoms with Gasteiger partial charge in [0.25, 0.3) is 0 Å². The number of fused-ring (bicyclic) bond motifs is 5. The summed E-state index contributed by atoms with van der Waals surface area (Å²) in [7, 11) is 0. The van der Waals surface area contributed by atoms with E-state index in [4.69, 9.17) is 4.74 Å². The first-order valence-corrected chi connectivity index (χ1v) is 10.4. The standard InChI is InChI=1S/C23H32O3/c1-5-20(25)26-19-12-15-11-16(24)6-9-23(15,4)17-7-8-22(3)13-14(2)10-18(22)21(17)19/h6,9,11,14,17-19,21H,5,7-8,10,12-13H2,1-4H3/t14-,17+,18+,19-,21-,22-,23+/m1/s1. The van der Waals surface area contributed by atoms with Gasteiger partial charge in [-0.15, -0.1) is 0 Å². The van der Waals surface area contributed by atoms with Crippen molar-refractivity contribution in [1.82, 2.24) is 0 Å². The SMILES string of the molecule is CCC(=O)O[C@@H]1CC2=CC(=O)C=C[C@]2(C)[C@H]2CC[C@]3(C)C[C@H](C)C[C@H]3[C@H]12. The van der Waals surface area contributed by atoms with E-state index in [-0.39, 0.29) is 23.3 Å². The number of ether oxygens (including phenoxy) is 1. The Morgan fingerprint density at radius 2 is 2.08 bits per heavy atom. The van der Waals surface area contributed by atoms with Crippen LogP contribution in [0.2, 0.25) is 0 Å². The number of hydrogen-bond acceptors (Lipinski definition) is 3. The maximum atomic E-state index is 12.2. The zero-order valence-corrected chi connectivity index (χ0v) is 16.6. The zero-order chi connectivity index (χ0) is 18.7. The van der Waals surface area contributed by atoms with Crippen LogP contribution in [0.1, 0.15) is 66.2 Å². The molecule has 0 spiro atoms. The van der Waals surface area contributed by atoms with Crippen molar-refractivity contribution in [3.8, 4) is 0 Å². The van der Waals surface area contributed by atoms with Crippen molar-refractivity contribution in [2.75, 3.05) is 0 Å². The summed E-state index contributed by atoms with van der Waals surface area (Å²) < 4.78 is 6.01. The Labute approximate surface area is 157 Å². The van der Waals surface area contributed by atoms with E-state index in [9.17, 15) is 9.59 Å². The van der Waals surface area contributed by atoms with Gasteiger partial charge in [0, 0.05) is 24.2 Å². The summed E-state index contributed by atoms with van der Waals surface area (Å²) in [6, 6.07) is 0. The molecule has 0 aromatic rings. The van der Waals surface area contributed by atoms with Crippen molar-refractivity contribution in [2.45, 2.75) is 72.3 Å². The van der Waals surface area contributed by atoms with Crippen molar-refractivity contribution in [2.24, 2.45) is 34.5 Å². The van der Waals surface area contributed by atoms with Crippen LogP contribution in [-0.2, 0) is 14.3 Å². The summed E-state index contributed by atoms with van der Waals surface area (Å²) in [5.41, 5.74) is 1.50. The summed E-state index contributed by atoms with van der Waals surface area (Å²) in [6.45, 7) is 9.00. The van der Waals surface area contributed by atoms with E-state index in [0.29, 0.717) is 29.6 Å². The lowest BCUT2D eigenvalue weighted by Crippen LogP contribution is -2.54. The highest BCUT2D eigenvalue weighted by Crippen LogP contribution is 2.65. The maximum Gasteiger partial charge on any atom is 0.305 e. The van der Waals surface area contributed by atoms with Crippen LogP contribution in [0.25, 0.3) is 0 Å². The number of carbonyl (C=O) groups is 2. The minimum Gasteiger partial charge on any atom is -0.462 e. The summed E-state index contributed by atoms with van der Waals surface area (Å²) in [5.74, 6) is 2.22. The normalized spacial score (nSPS) is 46.8. The van der Waals surface area contributed by atoms with Crippen LogP contribution in [0.4, 0.5) is 0 Å². The fourth-order valence-corrected chi connectivity index (χ4v) is 6.94. The summed E-state index contributed by atoms with van der Waals surface area (Å²) in [6.07, 6.45) is 11.7. The van der Waals surface area contributed by atoms with Gasteiger partial charge in [0.05, 0.1) is 0 Å². The van der Waals surface area contributed by atoms with Crippen molar-refractivity contribution in [3.63, 3.8) is 0 Å². The molecule has 0 amide bonds. The lowest BCUT2D eigenvalue weighted by molar-refractivity contribution is -0.164. The van der Waals surface area contributed by atoms with Crippen LogP contribution in [-0.4, -0.2) is 17.9 Å². The number of hydrogen-bond donors (Lipinski definition) is 0. The fourth-order valence-electron chi connectivity index (χ4n) is 6.94. The first kappa shape index (κ1) is 18.0. The number of ketones is 1. The maximum absolute atomic E-state index is 12.2. The molecule has 0 aliphatic heterocycles. The molecular formula is C23H32O3. The molecule has 0 unspecified atom stereocenters. The van der Waals surface area contributed by atoms with E-state index in [0.717, 1.165) is 18.8 Å². The molecule has 142 valence electrons. The molecule has 4 aliphatic carbocycles. The zero-order valence-electron chi connectivity index (χ0n) is 16.6. The second kappa shape index (κ2) is 6.07. The highest BCUT2D eigenvalue weighted by Gasteiger charge is 2.60. The van der Waals surface area contributed by atoms with Crippen LogP contribution in [0, 0.1) is 34.5 Å². The third kappa shape index (κ3) is 2.61. The molecule has 0 aromatic carbocycles. The summed E-state index contributed by atoms with van der Waals surface area (Å²) in [4.78, 5) is 24.2. The molecule has 4 aliphatic rings. The van der Waals surface area contributed by atoms with E-state index in [1.165, 1.54) is 24.8 Å². The van der Waals surface area contributed by atoms with Gasteiger partial charge in [0.15, 0.2) is 5.78 Å². The van der Waals surface area contributed by atoms with E-state index in [1.807, 2.05) is 13.0 Å². The minimum absolute atomic E-state index is 0.0547. The van der Waals surface area contributed by atoms with Crippen LogP contribution in [0.3, 0.4) is 0 Å². The number of allylic oxidation sites excluding steroid dienone is 3. The minimum atomic E-state index is -0.103. The monoisotopic (exact) mass is 356 g/mol. The number of rotatable bonds is 2. The molecule has 26 heavy (non-hydrogen) atoms. The highest BCUT2D eigenvalue weighted by atomic mass is 16.5. The fraction of sp³-hybridized carbons (Fsp3) is 0.739. The molecule has 0 bridgehead atoms. The molecule has 3 saturated carbocycles. The van der Waals surface area contributed by atoms with Crippen molar-refractivity contribution >= 4 is 11.8 Å². The first-order chi connectivity index (χ1) is 12.3. The van der Waals surface area contributed by atoms with E-state index < -0.39 is 0 Å². The molecule has 4 rings (SSSR count). The number of esters is 1. The van der Waals surface area contributed by atoms with Gasteiger partial charge >= 0.3 is 5.97 Å². The third-order valence-electron chi connectivity index (χ3n) is 8.12. The van der Waals surface area contributed by atoms with Gasteiger partial charge in [-0.1, -0.05) is 39.3 Å². The molecule has 0 saturated heterocycles. The summed E-state index contributed by atoms with van der Waals surface area (Å²) in [5, 5.41) is 0. The van der Waals surface area contributed by atoms with Crippen LogP contribution >= 0.6 is 0 Å². The third-order valence-corrected chi connectivity index (χ3v) is 8.12. The van der Waals surface area contributed by atoms with Gasteiger partial charge in [-0.3, -0.25) is 9.59 Å². The van der Waals surface area contributed by atoms with E-state index >= 15 is 0 Å². The average molecular weight is 357 g/mol. The van der Waals surface area contributed by atoms with Crippen molar-refractivity contribution in [3.05, 3.63) is 23.8 Å². The van der Waals surface area contributed by atoms with Crippen LogP contribution in [0.5, 0.6) is 0 Å².